The minimum Gasteiger partial charge on any atom is -0.349 e. The predicted octanol–water partition coefficient (Wildman–Crippen LogP) is 4.91. The van der Waals surface area contributed by atoms with Crippen LogP contribution in [-0.4, -0.2) is 11.9 Å². The standard InChI is InChI=1S/C18H20BrNO/c1-12-4-2-3-5-17(12)20-18(21)15-7-6-14-11-16(19)9-8-13(14)10-15/h6-12,17H,2-5H2,1H3,(H,20,21). The lowest BCUT2D eigenvalue weighted by atomic mass is 9.86. The number of nitrogens with one attached hydrogen (secondary N) is 1. The third-order valence-electron chi connectivity index (χ3n) is 4.49. The first-order valence-corrected chi connectivity index (χ1v) is 8.43. The molecule has 110 valence electrons. The van der Waals surface area contributed by atoms with Crippen LogP contribution in [0.5, 0.6) is 0 Å². The number of hydrogen-bond donors (Lipinski definition) is 1. The highest BCUT2D eigenvalue weighted by Crippen LogP contribution is 2.25. The minimum atomic E-state index is 0.0542. The Morgan fingerprint density at radius 3 is 2.62 bits per heavy atom. The Bertz CT molecular complexity index is 667. The van der Waals surface area contributed by atoms with Gasteiger partial charge in [0, 0.05) is 16.1 Å². The fourth-order valence-corrected chi connectivity index (χ4v) is 3.52. The highest BCUT2D eigenvalue weighted by Gasteiger charge is 2.23. The lowest BCUT2D eigenvalue weighted by Crippen LogP contribution is -2.41. The minimum absolute atomic E-state index is 0.0542. The summed E-state index contributed by atoms with van der Waals surface area (Å²) in [5.74, 6) is 0.637. The zero-order chi connectivity index (χ0) is 14.8. The molecule has 0 saturated heterocycles. The van der Waals surface area contributed by atoms with Crippen molar-refractivity contribution in [2.45, 2.75) is 38.6 Å². The molecule has 1 fully saturated rings. The second kappa shape index (κ2) is 6.18. The van der Waals surface area contributed by atoms with Crippen molar-refractivity contribution in [2.75, 3.05) is 0 Å². The van der Waals surface area contributed by atoms with Crippen LogP contribution in [0.25, 0.3) is 10.8 Å². The van der Waals surface area contributed by atoms with Gasteiger partial charge in [-0.1, -0.05) is 47.8 Å². The van der Waals surface area contributed by atoms with E-state index >= 15 is 0 Å². The first-order chi connectivity index (χ1) is 10.1. The molecule has 3 heteroatoms. The van der Waals surface area contributed by atoms with Crippen LogP contribution in [0.3, 0.4) is 0 Å². The van der Waals surface area contributed by atoms with Crippen LogP contribution in [-0.2, 0) is 0 Å². The average molecular weight is 346 g/mol. The van der Waals surface area contributed by atoms with Crippen molar-refractivity contribution in [2.24, 2.45) is 5.92 Å². The van der Waals surface area contributed by atoms with E-state index in [1.54, 1.807) is 0 Å². The van der Waals surface area contributed by atoms with E-state index in [-0.39, 0.29) is 5.91 Å². The maximum Gasteiger partial charge on any atom is 0.251 e. The van der Waals surface area contributed by atoms with Crippen LogP contribution in [0.15, 0.2) is 40.9 Å². The topological polar surface area (TPSA) is 29.1 Å². The van der Waals surface area contributed by atoms with E-state index in [0.29, 0.717) is 12.0 Å². The first-order valence-electron chi connectivity index (χ1n) is 7.64. The molecule has 0 spiro atoms. The van der Waals surface area contributed by atoms with Gasteiger partial charge in [-0.15, -0.1) is 0 Å². The molecule has 1 saturated carbocycles. The Labute approximate surface area is 134 Å². The highest BCUT2D eigenvalue weighted by molar-refractivity contribution is 9.10. The Morgan fingerprint density at radius 1 is 1.10 bits per heavy atom. The molecular weight excluding hydrogens is 326 g/mol. The monoisotopic (exact) mass is 345 g/mol. The van der Waals surface area contributed by atoms with Crippen LogP contribution < -0.4 is 5.32 Å². The van der Waals surface area contributed by atoms with E-state index in [9.17, 15) is 4.79 Å². The van der Waals surface area contributed by atoms with Crippen molar-refractivity contribution < 1.29 is 4.79 Å². The maximum atomic E-state index is 12.4. The molecule has 1 amide bonds. The fourth-order valence-electron chi connectivity index (χ4n) is 3.14. The summed E-state index contributed by atoms with van der Waals surface area (Å²) in [5, 5.41) is 5.46. The average Bonchev–Trinajstić information content (AvgIpc) is 2.49. The Morgan fingerprint density at radius 2 is 1.81 bits per heavy atom. The summed E-state index contributed by atoms with van der Waals surface area (Å²) in [6, 6.07) is 12.3. The lowest BCUT2D eigenvalue weighted by Gasteiger charge is -2.29. The molecule has 3 rings (SSSR count). The molecule has 0 bridgehead atoms. The van der Waals surface area contributed by atoms with Crippen molar-refractivity contribution >= 4 is 32.6 Å². The number of carbonyl (C=O) groups is 1. The molecule has 0 aliphatic heterocycles. The zero-order valence-electron chi connectivity index (χ0n) is 12.2. The lowest BCUT2D eigenvalue weighted by molar-refractivity contribution is 0.0910. The fraction of sp³-hybridized carbons (Fsp3) is 0.389. The van der Waals surface area contributed by atoms with Crippen molar-refractivity contribution in [3.63, 3.8) is 0 Å². The van der Waals surface area contributed by atoms with Gasteiger partial charge in [0.1, 0.15) is 0 Å². The van der Waals surface area contributed by atoms with Gasteiger partial charge in [-0.3, -0.25) is 4.79 Å². The van der Waals surface area contributed by atoms with E-state index in [1.807, 2.05) is 30.3 Å². The van der Waals surface area contributed by atoms with E-state index in [1.165, 1.54) is 19.3 Å². The summed E-state index contributed by atoms with van der Waals surface area (Å²) in [6.45, 7) is 2.24. The molecule has 2 aromatic rings. The number of rotatable bonds is 2. The second-order valence-corrected chi connectivity index (χ2v) is 6.96. The van der Waals surface area contributed by atoms with Crippen molar-refractivity contribution in [3.8, 4) is 0 Å². The molecule has 0 aromatic heterocycles. The van der Waals surface area contributed by atoms with Gasteiger partial charge < -0.3 is 5.32 Å². The molecule has 2 atom stereocenters. The van der Waals surface area contributed by atoms with E-state index in [0.717, 1.165) is 27.2 Å². The van der Waals surface area contributed by atoms with Gasteiger partial charge in [-0.25, -0.2) is 0 Å². The smallest absolute Gasteiger partial charge is 0.251 e. The number of halogens is 1. The summed E-state index contributed by atoms with van der Waals surface area (Å²) >= 11 is 3.47. The van der Waals surface area contributed by atoms with E-state index in [2.05, 4.69) is 34.2 Å². The van der Waals surface area contributed by atoms with Crippen molar-refractivity contribution in [1.29, 1.82) is 0 Å². The van der Waals surface area contributed by atoms with Crippen molar-refractivity contribution in [1.82, 2.24) is 5.32 Å². The Hall–Kier alpha value is -1.35. The van der Waals surface area contributed by atoms with Gasteiger partial charge in [0.05, 0.1) is 0 Å². The van der Waals surface area contributed by atoms with Gasteiger partial charge >= 0.3 is 0 Å². The van der Waals surface area contributed by atoms with Crippen LogP contribution >= 0.6 is 15.9 Å². The number of hydrogen-bond acceptors (Lipinski definition) is 1. The van der Waals surface area contributed by atoms with Gasteiger partial charge in [0.25, 0.3) is 5.91 Å². The van der Waals surface area contributed by atoms with Gasteiger partial charge in [0.2, 0.25) is 0 Å². The molecule has 0 heterocycles. The first kappa shape index (κ1) is 14.6. The molecular formula is C18H20BrNO. The summed E-state index contributed by atoms with van der Waals surface area (Å²) in [6.07, 6.45) is 4.84. The summed E-state index contributed by atoms with van der Waals surface area (Å²) in [7, 11) is 0. The quantitative estimate of drug-likeness (QED) is 0.822. The third kappa shape index (κ3) is 3.29. The SMILES string of the molecule is CC1CCCCC1NC(=O)c1ccc2cc(Br)ccc2c1. The Kier molecular flexibility index (Phi) is 4.29. The Balaban J connectivity index is 1.79. The molecule has 2 unspecified atom stereocenters. The molecule has 2 aromatic carbocycles. The van der Waals surface area contributed by atoms with E-state index < -0.39 is 0 Å². The van der Waals surface area contributed by atoms with Gasteiger partial charge in [-0.05, 0) is 53.8 Å². The van der Waals surface area contributed by atoms with Crippen molar-refractivity contribution in [3.05, 3.63) is 46.4 Å². The maximum absolute atomic E-state index is 12.4. The number of benzene rings is 2. The van der Waals surface area contributed by atoms with Crippen LogP contribution in [0, 0.1) is 5.92 Å². The largest absolute Gasteiger partial charge is 0.349 e. The molecule has 1 aliphatic rings. The summed E-state index contributed by atoms with van der Waals surface area (Å²) in [4.78, 5) is 12.4. The predicted molar refractivity (Wildman–Crippen MR) is 90.5 cm³/mol. The molecule has 21 heavy (non-hydrogen) atoms. The van der Waals surface area contributed by atoms with Gasteiger partial charge in [-0.2, -0.15) is 0 Å². The summed E-state index contributed by atoms with van der Waals surface area (Å²) < 4.78 is 1.06. The molecule has 0 radical (unpaired) electrons. The molecule has 1 N–H and O–H groups in total. The normalized spacial score (nSPS) is 22.2. The van der Waals surface area contributed by atoms with Crippen LogP contribution in [0.2, 0.25) is 0 Å². The van der Waals surface area contributed by atoms with Crippen LogP contribution in [0.1, 0.15) is 43.0 Å². The number of fused-ring (bicyclic) bond motifs is 1. The molecule has 1 aliphatic carbocycles. The van der Waals surface area contributed by atoms with E-state index in [4.69, 9.17) is 0 Å². The number of carbonyl (C=O) groups excluding carboxylic acids is 1. The summed E-state index contributed by atoms with van der Waals surface area (Å²) in [5.41, 5.74) is 0.752. The number of amides is 1. The molecule has 2 nitrogen and oxygen atoms in total. The van der Waals surface area contributed by atoms with Crippen LogP contribution in [0.4, 0.5) is 0 Å². The third-order valence-corrected chi connectivity index (χ3v) is 4.99. The van der Waals surface area contributed by atoms with Gasteiger partial charge in [0.15, 0.2) is 0 Å². The second-order valence-electron chi connectivity index (χ2n) is 6.05. The zero-order valence-corrected chi connectivity index (χ0v) is 13.8. The highest BCUT2D eigenvalue weighted by atomic mass is 79.9.